The van der Waals surface area contributed by atoms with Crippen molar-refractivity contribution in [2.24, 2.45) is 0 Å². The highest BCUT2D eigenvalue weighted by Crippen LogP contribution is 2.28. The summed E-state index contributed by atoms with van der Waals surface area (Å²) in [7, 11) is 1.62. The van der Waals surface area contributed by atoms with Gasteiger partial charge in [0.25, 0.3) is 0 Å². The predicted molar refractivity (Wildman–Crippen MR) is 129 cm³/mol. The number of anilines is 1. The van der Waals surface area contributed by atoms with E-state index in [4.69, 9.17) is 15.5 Å². The average molecular weight is 453 g/mol. The second kappa shape index (κ2) is 8.35. The number of fused-ring (bicyclic) bond motifs is 4. The van der Waals surface area contributed by atoms with Gasteiger partial charge >= 0.3 is 0 Å². The molecule has 0 saturated heterocycles. The maximum atomic E-state index is 6.19. The van der Waals surface area contributed by atoms with Crippen LogP contribution in [0.4, 0.5) is 5.95 Å². The molecule has 0 aliphatic carbocycles. The van der Waals surface area contributed by atoms with E-state index in [0.717, 1.165) is 54.8 Å². The van der Waals surface area contributed by atoms with Crippen LogP contribution in [0.15, 0.2) is 55.1 Å². The summed E-state index contributed by atoms with van der Waals surface area (Å²) >= 11 is 0. The number of hydrogen-bond acceptors (Lipinski definition) is 8. The van der Waals surface area contributed by atoms with Crippen LogP contribution in [-0.4, -0.2) is 54.6 Å². The number of rotatable bonds is 5. The number of para-hydroxylation sites is 1. The normalized spacial score (nSPS) is 13.9. The number of benzene rings is 2. The number of nitrogen functional groups attached to an aromatic ring is 1. The van der Waals surface area contributed by atoms with Gasteiger partial charge in [-0.25, -0.2) is 19.9 Å². The fourth-order valence-corrected chi connectivity index (χ4v) is 4.63. The number of aromatic nitrogens is 6. The van der Waals surface area contributed by atoms with Crippen LogP contribution in [-0.2, 0) is 19.4 Å². The zero-order valence-electron chi connectivity index (χ0n) is 18.8. The summed E-state index contributed by atoms with van der Waals surface area (Å²) in [6.07, 6.45) is 7.02. The third kappa shape index (κ3) is 3.60. The molecule has 3 aromatic heterocycles. The number of ether oxygens (including phenoxy) is 1. The van der Waals surface area contributed by atoms with Gasteiger partial charge in [0.05, 0.1) is 7.11 Å². The Morgan fingerprint density at radius 3 is 2.76 bits per heavy atom. The van der Waals surface area contributed by atoms with Crippen LogP contribution in [0.5, 0.6) is 5.75 Å². The van der Waals surface area contributed by atoms with E-state index in [1.807, 2.05) is 30.6 Å². The Balaban J connectivity index is 1.22. The molecule has 5 aromatic rings. The molecule has 1 aliphatic heterocycles. The lowest BCUT2D eigenvalue weighted by atomic mass is 9.95. The average Bonchev–Trinajstić information content (AvgIpc) is 3.33. The number of hydrogen-bond donors (Lipinski definition) is 1. The molecular weight excluding hydrogens is 428 g/mol. The van der Waals surface area contributed by atoms with Crippen LogP contribution in [0.25, 0.3) is 27.7 Å². The SMILES string of the molecule is COc1cccc2c1nc(N)n1nc(CCN3CCc4ccc(-c5cncnc5)cc4C3)nc21. The highest BCUT2D eigenvalue weighted by atomic mass is 16.5. The summed E-state index contributed by atoms with van der Waals surface area (Å²) in [5, 5.41) is 5.51. The molecule has 0 radical (unpaired) electrons. The maximum Gasteiger partial charge on any atom is 0.223 e. The Morgan fingerprint density at radius 2 is 1.91 bits per heavy atom. The molecular formula is C25H24N8O. The molecule has 0 bridgehead atoms. The molecule has 0 fully saturated rings. The van der Waals surface area contributed by atoms with E-state index in [9.17, 15) is 0 Å². The number of nitrogens with two attached hydrogens (primary N) is 1. The van der Waals surface area contributed by atoms with Crippen molar-refractivity contribution in [3.8, 4) is 16.9 Å². The Hall–Kier alpha value is -4.11. The standard InChI is InChI=1S/C25H24N8O/c1-34-21-4-2-3-20-23(21)30-25(26)33-24(20)29-22(31-33)8-10-32-9-7-16-5-6-17(11-18(16)14-32)19-12-27-15-28-13-19/h2-6,11-13,15H,7-10,14H2,1H3,(H2,26,30). The first kappa shape index (κ1) is 20.5. The zero-order chi connectivity index (χ0) is 23.1. The molecule has 2 N–H and O–H groups in total. The van der Waals surface area contributed by atoms with Crippen molar-refractivity contribution in [1.29, 1.82) is 0 Å². The third-order valence-corrected chi connectivity index (χ3v) is 6.40. The van der Waals surface area contributed by atoms with Gasteiger partial charge in [0.1, 0.15) is 17.6 Å². The van der Waals surface area contributed by atoms with E-state index in [-0.39, 0.29) is 0 Å². The predicted octanol–water partition coefficient (Wildman–Crippen LogP) is 2.93. The van der Waals surface area contributed by atoms with Crippen molar-refractivity contribution in [2.75, 3.05) is 25.9 Å². The van der Waals surface area contributed by atoms with Crippen LogP contribution in [0, 0.1) is 0 Å². The summed E-state index contributed by atoms with van der Waals surface area (Å²) < 4.78 is 7.06. The molecule has 0 spiro atoms. The zero-order valence-corrected chi connectivity index (χ0v) is 18.8. The molecule has 170 valence electrons. The second-order valence-corrected chi connectivity index (χ2v) is 8.48. The number of methoxy groups -OCH3 is 1. The van der Waals surface area contributed by atoms with Crippen LogP contribution in [0.1, 0.15) is 17.0 Å². The van der Waals surface area contributed by atoms with E-state index >= 15 is 0 Å². The van der Waals surface area contributed by atoms with Gasteiger partial charge < -0.3 is 10.5 Å². The monoisotopic (exact) mass is 452 g/mol. The van der Waals surface area contributed by atoms with E-state index in [1.54, 1.807) is 18.0 Å². The van der Waals surface area contributed by atoms with Crippen molar-refractivity contribution >= 4 is 22.5 Å². The molecule has 0 atom stereocenters. The first-order valence-corrected chi connectivity index (χ1v) is 11.3. The van der Waals surface area contributed by atoms with Gasteiger partial charge in [-0.05, 0) is 41.3 Å². The minimum atomic E-state index is 0.301. The van der Waals surface area contributed by atoms with Crippen molar-refractivity contribution in [3.63, 3.8) is 0 Å². The molecule has 1 aliphatic rings. The van der Waals surface area contributed by atoms with E-state index in [0.29, 0.717) is 22.9 Å². The molecule has 0 amide bonds. The van der Waals surface area contributed by atoms with E-state index in [2.05, 4.69) is 43.1 Å². The van der Waals surface area contributed by atoms with Crippen molar-refractivity contribution in [3.05, 3.63) is 72.1 Å². The van der Waals surface area contributed by atoms with Gasteiger partial charge in [-0.15, -0.1) is 5.10 Å². The summed E-state index contributed by atoms with van der Waals surface area (Å²) in [6.45, 7) is 2.77. The Kier molecular flexibility index (Phi) is 5.03. The molecule has 9 heteroatoms. The van der Waals surface area contributed by atoms with E-state index < -0.39 is 0 Å². The van der Waals surface area contributed by atoms with Gasteiger partial charge in [0.15, 0.2) is 11.5 Å². The minimum Gasteiger partial charge on any atom is -0.494 e. The second-order valence-electron chi connectivity index (χ2n) is 8.48. The Bertz CT molecular complexity index is 1500. The van der Waals surface area contributed by atoms with Crippen molar-refractivity contribution in [2.45, 2.75) is 19.4 Å². The highest BCUT2D eigenvalue weighted by molar-refractivity contribution is 5.95. The molecule has 6 rings (SSSR count). The van der Waals surface area contributed by atoms with Crippen LogP contribution in [0.3, 0.4) is 0 Å². The lowest BCUT2D eigenvalue weighted by Crippen LogP contribution is -2.32. The molecule has 2 aromatic carbocycles. The van der Waals surface area contributed by atoms with Crippen LogP contribution in [0.2, 0.25) is 0 Å². The van der Waals surface area contributed by atoms with Gasteiger partial charge in [-0.2, -0.15) is 4.52 Å². The third-order valence-electron chi connectivity index (χ3n) is 6.40. The lowest BCUT2D eigenvalue weighted by molar-refractivity contribution is 0.256. The maximum absolute atomic E-state index is 6.19. The van der Waals surface area contributed by atoms with Gasteiger partial charge in [0.2, 0.25) is 5.95 Å². The van der Waals surface area contributed by atoms with Gasteiger partial charge in [0, 0.05) is 49.4 Å². The van der Waals surface area contributed by atoms with Gasteiger partial charge in [-0.1, -0.05) is 18.2 Å². The van der Waals surface area contributed by atoms with Gasteiger partial charge in [-0.3, -0.25) is 4.90 Å². The van der Waals surface area contributed by atoms with E-state index in [1.165, 1.54) is 11.1 Å². The Morgan fingerprint density at radius 1 is 1.03 bits per heavy atom. The first-order chi connectivity index (χ1) is 16.7. The van der Waals surface area contributed by atoms with Crippen LogP contribution < -0.4 is 10.5 Å². The minimum absolute atomic E-state index is 0.301. The highest BCUT2D eigenvalue weighted by Gasteiger charge is 2.19. The first-order valence-electron chi connectivity index (χ1n) is 11.3. The Labute approximate surface area is 196 Å². The van der Waals surface area contributed by atoms with Crippen molar-refractivity contribution < 1.29 is 4.74 Å². The summed E-state index contributed by atoms with van der Waals surface area (Å²) in [4.78, 5) is 20.0. The van der Waals surface area contributed by atoms with Crippen molar-refractivity contribution in [1.82, 2.24) is 34.4 Å². The largest absolute Gasteiger partial charge is 0.494 e. The number of nitrogens with zero attached hydrogens (tertiary/aromatic N) is 7. The molecule has 0 saturated carbocycles. The summed E-state index contributed by atoms with van der Waals surface area (Å²) in [5.41, 5.74) is 12.5. The lowest BCUT2D eigenvalue weighted by Gasteiger charge is -2.28. The molecule has 4 heterocycles. The molecule has 0 unspecified atom stereocenters. The summed E-state index contributed by atoms with van der Waals surface area (Å²) in [6, 6.07) is 12.4. The fourth-order valence-electron chi connectivity index (χ4n) is 4.63. The quantitative estimate of drug-likeness (QED) is 0.434. The topological polar surface area (TPSA) is 107 Å². The summed E-state index contributed by atoms with van der Waals surface area (Å²) in [5.74, 6) is 1.73. The molecule has 9 nitrogen and oxygen atoms in total. The van der Waals surface area contributed by atoms with Crippen LogP contribution >= 0.6 is 0 Å². The fraction of sp³-hybridized carbons (Fsp3) is 0.240. The smallest absolute Gasteiger partial charge is 0.223 e. The molecule has 34 heavy (non-hydrogen) atoms.